The van der Waals surface area contributed by atoms with Crippen LogP contribution in [-0.2, 0) is 7.05 Å². The molecule has 3 rings (SSSR count). The third-order valence-electron chi connectivity index (χ3n) is 3.16. The lowest BCUT2D eigenvalue weighted by Crippen LogP contribution is -2.05. The minimum atomic E-state index is -0.176. The van der Waals surface area contributed by atoms with Gasteiger partial charge in [-0.2, -0.15) is 0 Å². The summed E-state index contributed by atoms with van der Waals surface area (Å²) in [5, 5.41) is 9.90. The Morgan fingerprint density at radius 1 is 1.37 bits per heavy atom. The first kappa shape index (κ1) is 11.9. The Hall–Kier alpha value is -2.14. The van der Waals surface area contributed by atoms with E-state index < -0.39 is 0 Å². The van der Waals surface area contributed by atoms with Gasteiger partial charge in [0.1, 0.15) is 0 Å². The molecule has 0 unspecified atom stereocenters. The number of nitrogens with zero attached hydrogens (tertiary/aromatic N) is 2. The van der Waals surface area contributed by atoms with Gasteiger partial charge in [-0.1, -0.05) is 29.5 Å². The zero-order valence-electron chi connectivity index (χ0n) is 10.5. The summed E-state index contributed by atoms with van der Waals surface area (Å²) < 4.78 is 1.24. The van der Waals surface area contributed by atoms with E-state index in [1.807, 2.05) is 37.3 Å². The molecule has 2 aromatic rings. The summed E-state index contributed by atoms with van der Waals surface area (Å²) in [6, 6.07) is 7.84. The minimum Gasteiger partial charge on any atom is -0.493 e. The van der Waals surface area contributed by atoms with Crippen LogP contribution in [0.4, 0.5) is 5.69 Å². The fraction of sp³-hybridized carbons (Fsp3) is 0.143. The number of para-hydroxylation sites is 1. The fourth-order valence-corrected chi connectivity index (χ4v) is 2.92. The van der Waals surface area contributed by atoms with Crippen LogP contribution in [0, 0.1) is 0 Å². The lowest BCUT2D eigenvalue weighted by Gasteiger charge is -2.00. The van der Waals surface area contributed by atoms with E-state index in [1.165, 1.54) is 4.57 Å². The Morgan fingerprint density at radius 2 is 2.11 bits per heavy atom. The van der Waals surface area contributed by atoms with Crippen LogP contribution in [0.25, 0.3) is 11.6 Å². The molecule has 0 fully saturated rings. The number of allylic oxidation sites excluding steroid dienone is 1. The van der Waals surface area contributed by atoms with E-state index in [1.54, 1.807) is 7.05 Å². The van der Waals surface area contributed by atoms with Crippen molar-refractivity contribution >= 4 is 34.4 Å². The Morgan fingerprint density at radius 3 is 2.79 bits per heavy atom. The highest BCUT2D eigenvalue weighted by Gasteiger charge is 2.18. The first-order valence-corrected chi connectivity index (χ1v) is 6.65. The molecule has 1 aliphatic heterocycles. The first-order valence-electron chi connectivity index (χ1n) is 5.83. The molecular weight excluding hydrogens is 260 g/mol. The van der Waals surface area contributed by atoms with Crippen LogP contribution < -0.4 is 4.87 Å². The van der Waals surface area contributed by atoms with Crippen LogP contribution in [0.15, 0.2) is 34.1 Å². The van der Waals surface area contributed by atoms with Gasteiger partial charge in [-0.05, 0) is 19.1 Å². The average molecular weight is 272 g/mol. The largest absolute Gasteiger partial charge is 0.493 e. The normalized spacial score (nSPS) is 15.7. The summed E-state index contributed by atoms with van der Waals surface area (Å²) in [5.74, 6) is -0.000295. The fourth-order valence-electron chi connectivity index (χ4n) is 2.10. The number of rotatable bonds is 1. The van der Waals surface area contributed by atoms with E-state index in [4.69, 9.17) is 0 Å². The van der Waals surface area contributed by atoms with Gasteiger partial charge in [0, 0.05) is 23.9 Å². The molecular formula is C14H12N2O2S. The highest BCUT2D eigenvalue weighted by Crippen LogP contribution is 2.36. The third-order valence-corrected chi connectivity index (χ3v) is 4.13. The molecule has 5 heteroatoms. The number of aromatic nitrogens is 1. The minimum absolute atomic E-state index is 0.000295. The second kappa shape index (κ2) is 4.20. The maximum atomic E-state index is 11.5. The van der Waals surface area contributed by atoms with Crippen LogP contribution >= 0.6 is 11.3 Å². The Kier molecular flexibility index (Phi) is 2.64. The molecule has 0 bridgehead atoms. The summed E-state index contributed by atoms with van der Waals surface area (Å²) in [7, 11) is 1.56. The van der Waals surface area contributed by atoms with Crippen molar-refractivity contribution in [3.05, 3.63) is 44.4 Å². The smallest absolute Gasteiger partial charge is 0.310 e. The van der Waals surface area contributed by atoms with Crippen molar-refractivity contribution in [1.29, 1.82) is 0 Å². The van der Waals surface area contributed by atoms with Crippen LogP contribution in [0.5, 0.6) is 5.88 Å². The summed E-state index contributed by atoms with van der Waals surface area (Å²) in [5.41, 5.74) is 3.80. The summed E-state index contributed by atoms with van der Waals surface area (Å²) in [6.07, 6.45) is 1.83. The number of fused-ring (bicyclic) bond motifs is 1. The number of thiazole rings is 1. The van der Waals surface area contributed by atoms with Gasteiger partial charge in [0.2, 0.25) is 5.88 Å². The highest BCUT2D eigenvalue weighted by atomic mass is 32.1. The van der Waals surface area contributed by atoms with E-state index in [2.05, 4.69) is 4.99 Å². The molecule has 1 aromatic carbocycles. The van der Waals surface area contributed by atoms with E-state index in [0.29, 0.717) is 4.88 Å². The van der Waals surface area contributed by atoms with Crippen molar-refractivity contribution in [2.75, 3.05) is 0 Å². The molecule has 1 N–H and O–H groups in total. The van der Waals surface area contributed by atoms with Gasteiger partial charge in [-0.15, -0.1) is 0 Å². The summed E-state index contributed by atoms with van der Waals surface area (Å²) >= 11 is 1.03. The van der Waals surface area contributed by atoms with Crippen molar-refractivity contribution in [3.8, 4) is 5.88 Å². The van der Waals surface area contributed by atoms with Gasteiger partial charge in [0.05, 0.1) is 10.6 Å². The Labute approximate surface area is 114 Å². The van der Waals surface area contributed by atoms with Crippen LogP contribution in [0.2, 0.25) is 0 Å². The molecule has 19 heavy (non-hydrogen) atoms. The predicted octanol–water partition coefficient (Wildman–Crippen LogP) is 2.80. The summed E-state index contributed by atoms with van der Waals surface area (Å²) in [6.45, 7) is 1.93. The standard InChI is InChI=1S/C14H12N2O2S/c1-8-10(9-5-3-4-6-11(9)15-8)7-12-13(17)16(2)14(18)19-12/h3-7,17H,1-2H3/b10-7+. The summed E-state index contributed by atoms with van der Waals surface area (Å²) in [4.78, 5) is 16.4. The van der Waals surface area contributed by atoms with Crippen molar-refractivity contribution in [1.82, 2.24) is 4.57 Å². The molecule has 2 heterocycles. The van der Waals surface area contributed by atoms with E-state index in [-0.39, 0.29) is 10.8 Å². The van der Waals surface area contributed by atoms with Crippen LogP contribution in [0.3, 0.4) is 0 Å². The van der Waals surface area contributed by atoms with Gasteiger partial charge >= 0.3 is 4.87 Å². The third kappa shape index (κ3) is 1.82. The second-order valence-electron chi connectivity index (χ2n) is 4.39. The molecule has 0 atom stereocenters. The van der Waals surface area contributed by atoms with Crippen molar-refractivity contribution in [2.45, 2.75) is 6.92 Å². The molecule has 1 aliphatic rings. The molecule has 4 nitrogen and oxygen atoms in total. The first-order chi connectivity index (χ1) is 9.08. The Balaban J connectivity index is 2.17. The van der Waals surface area contributed by atoms with Crippen molar-refractivity contribution in [2.24, 2.45) is 12.0 Å². The lowest BCUT2D eigenvalue weighted by atomic mass is 10.0. The van der Waals surface area contributed by atoms with Gasteiger partial charge in [-0.25, -0.2) is 0 Å². The van der Waals surface area contributed by atoms with Gasteiger partial charge < -0.3 is 5.11 Å². The maximum absolute atomic E-state index is 11.5. The maximum Gasteiger partial charge on any atom is 0.310 e. The topological polar surface area (TPSA) is 54.6 Å². The quantitative estimate of drug-likeness (QED) is 0.868. The van der Waals surface area contributed by atoms with Crippen molar-refractivity contribution < 1.29 is 5.11 Å². The van der Waals surface area contributed by atoms with E-state index in [9.17, 15) is 9.90 Å². The zero-order chi connectivity index (χ0) is 13.6. The molecule has 1 aromatic heterocycles. The second-order valence-corrected chi connectivity index (χ2v) is 5.38. The number of hydrogen-bond acceptors (Lipinski definition) is 4. The SMILES string of the molecule is CC1=Nc2ccccc2/C1=C/c1sc(=O)n(C)c1O. The van der Waals surface area contributed by atoms with Crippen LogP contribution in [0.1, 0.15) is 17.4 Å². The van der Waals surface area contributed by atoms with Gasteiger partial charge in [0.25, 0.3) is 0 Å². The lowest BCUT2D eigenvalue weighted by molar-refractivity contribution is 0.428. The van der Waals surface area contributed by atoms with E-state index >= 15 is 0 Å². The Bertz CT molecular complexity index is 781. The molecule has 0 spiro atoms. The van der Waals surface area contributed by atoms with Gasteiger partial charge in [0.15, 0.2) is 0 Å². The molecule has 0 saturated heterocycles. The number of benzene rings is 1. The monoisotopic (exact) mass is 272 g/mol. The number of aliphatic imine (C=N–C) groups is 1. The van der Waals surface area contributed by atoms with Crippen LogP contribution in [-0.4, -0.2) is 15.4 Å². The highest BCUT2D eigenvalue weighted by molar-refractivity contribution is 7.10. The number of hydrogen-bond donors (Lipinski definition) is 1. The molecule has 0 amide bonds. The van der Waals surface area contributed by atoms with Gasteiger partial charge in [-0.3, -0.25) is 14.4 Å². The molecule has 0 saturated carbocycles. The average Bonchev–Trinajstić information content (AvgIpc) is 2.83. The molecule has 0 radical (unpaired) electrons. The number of aromatic hydroxyl groups is 1. The van der Waals surface area contributed by atoms with E-state index in [0.717, 1.165) is 33.9 Å². The predicted molar refractivity (Wildman–Crippen MR) is 78.3 cm³/mol. The van der Waals surface area contributed by atoms with Crippen molar-refractivity contribution in [3.63, 3.8) is 0 Å². The zero-order valence-corrected chi connectivity index (χ0v) is 11.4. The molecule has 96 valence electrons. The molecule has 0 aliphatic carbocycles.